The average molecular weight is 572 g/mol. The van der Waals surface area contributed by atoms with E-state index in [1.54, 1.807) is 7.11 Å². The molecule has 1 aliphatic carbocycles. The number of hydrogen-bond acceptors (Lipinski definition) is 5. The van der Waals surface area contributed by atoms with Crippen LogP contribution < -0.4 is 10.1 Å². The van der Waals surface area contributed by atoms with Gasteiger partial charge in [0.05, 0.1) is 18.6 Å². The quantitative estimate of drug-likeness (QED) is 0.306. The number of nitrogens with one attached hydrogen (secondary N) is 1. The lowest BCUT2D eigenvalue weighted by Gasteiger charge is -2.34. The lowest BCUT2D eigenvalue weighted by Crippen LogP contribution is -2.45. The molecule has 1 heterocycles. The topological polar surface area (TPSA) is 71.1 Å². The monoisotopic (exact) mass is 571 g/mol. The molecule has 2 amide bonds. The van der Waals surface area contributed by atoms with Gasteiger partial charge in [0.1, 0.15) is 5.75 Å². The third kappa shape index (κ3) is 8.49. The fraction of sp³-hybridized carbons (Fsp3) is 0.562. The maximum atomic E-state index is 13.7. The molecule has 0 radical (unpaired) electrons. The van der Waals surface area contributed by atoms with Gasteiger partial charge in [0, 0.05) is 64.0 Å². The van der Waals surface area contributed by atoms with Crippen LogP contribution in [-0.2, 0) is 16.0 Å². The number of hydrogen-bond donors (Lipinski definition) is 1. The number of benzene rings is 2. The number of carbonyl (C=O) groups is 2. The molecule has 2 aliphatic rings. The molecule has 2 aromatic rings. The fourth-order valence-corrected chi connectivity index (χ4v) is 5.48. The zero-order chi connectivity index (χ0) is 29.4. The van der Waals surface area contributed by atoms with Gasteiger partial charge in [-0.05, 0) is 62.3 Å². The second-order valence-corrected chi connectivity index (χ2v) is 11.4. The molecule has 224 valence electrons. The molecule has 4 rings (SSSR count). The summed E-state index contributed by atoms with van der Waals surface area (Å²) in [6, 6.07) is 14.2. The predicted molar refractivity (Wildman–Crippen MR) is 154 cm³/mol. The van der Waals surface area contributed by atoms with Crippen LogP contribution in [0.2, 0.25) is 0 Å². The van der Waals surface area contributed by atoms with Crippen molar-refractivity contribution in [3.63, 3.8) is 0 Å². The highest BCUT2D eigenvalue weighted by Gasteiger charge is 2.38. The van der Waals surface area contributed by atoms with E-state index in [2.05, 4.69) is 10.2 Å². The number of amides is 2. The minimum atomic E-state index is -2.71. The molecule has 1 aliphatic heterocycles. The Labute approximate surface area is 242 Å². The number of nitrogens with zero attached hydrogens (tertiary/aromatic N) is 2. The predicted octanol–water partition coefficient (Wildman–Crippen LogP) is 4.96. The van der Waals surface area contributed by atoms with Crippen molar-refractivity contribution in [3.05, 3.63) is 65.2 Å². The lowest BCUT2D eigenvalue weighted by atomic mass is 9.93. The third-order valence-corrected chi connectivity index (χ3v) is 7.98. The Balaban J connectivity index is 1.45. The maximum Gasteiger partial charge on any atom is 0.267 e. The fourth-order valence-electron chi connectivity index (χ4n) is 5.48. The van der Waals surface area contributed by atoms with Gasteiger partial charge in [-0.25, -0.2) is 8.78 Å². The largest absolute Gasteiger partial charge is 0.493 e. The maximum absolute atomic E-state index is 13.7. The van der Waals surface area contributed by atoms with E-state index in [1.807, 2.05) is 49.1 Å². The molecule has 2 aromatic carbocycles. The smallest absolute Gasteiger partial charge is 0.267 e. The number of methoxy groups -OCH3 is 1. The standard InChI is InChI=1S/C32H43F2N3O4/c1-22(2)36(32(39)24-10-13-28(31(33)34)29(17-24)41-15-7-14-40-3)20-25-18-35-19-26(25)21-37(27-11-12-27)30(38)16-23-8-5-4-6-9-23/h4-6,8-10,13,17,22,25-27,31,35H,7,11-12,14-16,18-21H2,1-3H3. The molecule has 1 saturated heterocycles. The van der Waals surface area contributed by atoms with E-state index in [9.17, 15) is 18.4 Å². The van der Waals surface area contributed by atoms with Crippen molar-refractivity contribution in [2.75, 3.05) is 46.5 Å². The van der Waals surface area contributed by atoms with E-state index in [0.717, 1.165) is 31.5 Å². The Morgan fingerprint density at radius 1 is 1.00 bits per heavy atom. The average Bonchev–Trinajstić information content (AvgIpc) is 3.70. The van der Waals surface area contributed by atoms with E-state index >= 15 is 0 Å². The van der Waals surface area contributed by atoms with Gasteiger partial charge in [-0.15, -0.1) is 0 Å². The summed E-state index contributed by atoms with van der Waals surface area (Å²) in [4.78, 5) is 30.9. The Morgan fingerprint density at radius 3 is 2.34 bits per heavy atom. The molecule has 0 aromatic heterocycles. The summed E-state index contributed by atoms with van der Waals surface area (Å²) in [5.41, 5.74) is 1.11. The van der Waals surface area contributed by atoms with Crippen LogP contribution in [-0.4, -0.2) is 80.2 Å². The van der Waals surface area contributed by atoms with Crippen LogP contribution in [0.3, 0.4) is 0 Å². The molecular weight excluding hydrogens is 528 g/mol. The van der Waals surface area contributed by atoms with Crippen LogP contribution in [0.25, 0.3) is 0 Å². The number of rotatable bonds is 15. The molecule has 0 spiro atoms. The van der Waals surface area contributed by atoms with Crippen molar-refractivity contribution in [1.82, 2.24) is 15.1 Å². The minimum absolute atomic E-state index is 0.0306. The SMILES string of the molecule is COCCCOc1cc(C(=O)N(CC2CNCC2CN(C(=O)Cc2ccccc2)C2CC2)C(C)C)ccc1C(F)F. The van der Waals surface area contributed by atoms with E-state index in [1.165, 1.54) is 18.2 Å². The van der Waals surface area contributed by atoms with E-state index < -0.39 is 6.43 Å². The van der Waals surface area contributed by atoms with Crippen LogP contribution in [0, 0.1) is 11.8 Å². The van der Waals surface area contributed by atoms with E-state index in [4.69, 9.17) is 9.47 Å². The van der Waals surface area contributed by atoms with Gasteiger partial charge in [-0.2, -0.15) is 0 Å². The molecule has 7 nitrogen and oxygen atoms in total. The molecule has 41 heavy (non-hydrogen) atoms. The van der Waals surface area contributed by atoms with Gasteiger partial charge < -0.3 is 24.6 Å². The summed E-state index contributed by atoms with van der Waals surface area (Å²) in [7, 11) is 1.57. The Kier molecular flexibility index (Phi) is 11.1. The summed E-state index contributed by atoms with van der Waals surface area (Å²) in [6.45, 7) is 7.32. The zero-order valence-corrected chi connectivity index (χ0v) is 24.4. The summed E-state index contributed by atoms with van der Waals surface area (Å²) in [5.74, 6) is 0.344. The van der Waals surface area contributed by atoms with Crippen molar-refractivity contribution in [2.24, 2.45) is 11.8 Å². The number of ether oxygens (including phenoxy) is 2. The van der Waals surface area contributed by atoms with Gasteiger partial charge in [0.15, 0.2) is 0 Å². The summed E-state index contributed by atoms with van der Waals surface area (Å²) in [6.07, 6.45) is 0.307. The molecule has 2 atom stereocenters. The first-order valence-electron chi connectivity index (χ1n) is 14.7. The van der Waals surface area contributed by atoms with Crippen LogP contribution in [0.5, 0.6) is 5.75 Å². The molecule has 1 saturated carbocycles. The summed E-state index contributed by atoms with van der Waals surface area (Å²) >= 11 is 0. The van der Waals surface area contributed by atoms with Gasteiger partial charge in [0.25, 0.3) is 12.3 Å². The Bertz CT molecular complexity index is 1140. The summed E-state index contributed by atoms with van der Waals surface area (Å²) in [5, 5.41) is 3.47. The number of halogens is 2. The second-order valence-electron chi connectivity index (χ2n) is 11.4. The van der Waals surface area contributed by atoms with Gasteiger partial charge in [-0.1, -0.05) is 30.3 Å². The normalized spacial score (nSPS) is 18.6. The number of carbonyl (C=O) groups excluding carboxylic acids is 2. The molecule has 2 unspecified atom stereocenters. The highest BCUT2D eigenvalue weighted by atomic mass is 19.3. The Morgan fingerprint density at radius 2 is 1.71 bits per heavy atom. The first-order valence-corrected chi connectivity index (χ1v) is 14.7. The highest BCUT2D eigenvalue weighted by Crippen LogP contribution is 2.33. The van der Waals surface area contributed by atoms with Crippen molar-refractivity contribution in [3.8, 4) is 5.75 Å². The van der Waals surface area contributed by atoms with Crippen LogP contribution in [0.1, 0.15) is 61.0 Å². The van der Waals surface area contributed by atoms with Gasteiger partial charge in [-0.3, -0.25) is 9.59 Å². The van der Waals surface area contributed by atoms with Crippen molar-refractivity contribution in [1.29, 1.82) is 0 Å². The van der Waals surface area contributed by atoms with Gasteiger partial charge in [0.2, 0.25) is 5.91 Å². The first-order chi connectivity index (χ1) is 19.8. The van der Waals surface area contributed by atoms with Crippen molar-refractivity contribution >= 4 is 11.8 Å². The van der Waals surface area contributed by atoms with Crippen molar-refractivity contribution in [2.45, 2.75) is 58.0 Å². The molecule has 2 fully saturated rings. The Hall–Kier alpha value is -3.04. The van der Waals surface area contributed by atoms with Crippen LogP contribution in [0.4, 0.5) is 8.78 Å². The second kappa shape index (κ2) is 14.7. The van der Waals surface area contributed by atoms with Crippen LogP contribution >= 0.6 is 0 Å². The zero-order valence-electron chi connectivity index (χ0n) is 24.4. The van der Waals surface area contributed by atoms with Crippen LogP contribution in [0.15, 0.2) is 48.5 Å². The van der Waals surface area contributed by atoms with E-state index in [-0.39, 0.29) is 47.6 Å². The first kappa shape index (κ1) is 30.9. The molecule has 1 N–H and O–H groups in total. The minimum Gasteiger partial charge on any atom is -0.493 e. The lowest BCUT2D eigenvalue weighted by molar-refractivity contribution is -0.131. The van der Waals surface area contributed by atoms with Crippen molar-refractivity contribution < 1.29 is 27.8 Å². The molecular formula is C32H43F2N3O4. The third-order valence-electron chi connectivity index (χ3n) is 7.98. The van der Waals surface area contributed by atoms with Gasteiger partial charge >= 0.3 is 0 Å². The molecule has 9 heteroatoms. The van der Waals surface area contributed by atoms with E-state index in [0.29, 0.717) is 44.1 Å². The molecule has 0 bridgehead atoms. The highest BCUT2D eigenvalue weighted by molar-refractivity contribution is 5.95. The number of alkyl halides is 2. The summed E-state index contributed by atoms with van der Waals surface area (Å²) < 4.78 is 37.9.